The van der Waals surface area contributed by atoms with Crippen LogP contribution in [0.5, 0.6) is 0 Å². The van der Waals surface area contributed by atoms with Crippen molar-refractivity contribution in [3.63, 3.8) is 0 Å². The van der Waals surface area contributed by atoms with Crippen LogP contribution in [0.4, 0.5) is 0 Å². The van der Waals surface area contributed by atoms with Crippen molar-refractivity contribution in [2.45, 2.75) is 44.5 Å². The van der Waals surface area contributed by atoms with E-state index in [0.29, 0.717) is 17.5 Å². The Morgan fingerprint density at radius 3 is 2.67 bits per heavy atom. The maximum atomic E-state index is 12.1. The second-order valence-electron chi connectivity index (χ2n) is 4.25. The summed E-state index contributed by atoms with van der Waals surface area (Å²) in [7, 11) is 0. The molecule has 1 fully saturated rings. The Labute approximate surface area is 94.9 Å². The van der Waals surface area contributed by atoms with Crippen LogP contribution in [0.1, 0.15) is 43.0 Å². The lowest BCUT2D eigenvalue weighted by Crippen LogP contribution is -2.27. The van der Waals surface area contributed by atoms with Gasteiger partial charge in [0.1, 0.15) is 0 Å². The molecule has 3 heteroatoms. The molecule has 2 rings (SSSR count). The van der Waals surface area contributed by atoms with Crippen LogP contribution >= 0.6 is 11.6 Å². The summed E-state index contributed by atoms with van der Waals surface area (Å²) in [6.45, 7) is 2.00. The zero-order valence-corrected chi connectivity index (χ0v) is 9.76. The van der Waals surface area contributed by atoms with Crippen LogP contribution in [0.2, 0.25) is 0 Å². The predicted octanol–water partition coefficient (Wildman–Crippen LogP) is 3.01. The summed E-state index contributed by atoms with van der Waals surface area (Å²) in [5, 5.41) is 0. The molecule has 0 aliphatic heterocycles. The van der Waals surface area contributed by atoms with Gasteiger partial charge in [0.05, 0.1) is 5.88 Å². The van der Waals surface area contributed by atoms with E-state index >= 15 is 0 Å². The quantitative estimate of drug-likeness (QED) is 0.710. The fourth-order valence-electron chi connectivity index (χ4n) is 2.41. The molecule has 1 aromatic rings. The van der Waals surface area contributed by atoms with Crippen molar-refractivity contribution in [2.24, 2.45) is 0 Å². The molecule has 0 saturated heterocycles. The molecule has 82 valence electrons. The van der Waals surface area contributed by atoms with E-state index in [1.54, 1.807) is 0 Å². The first-order valence-electron chi connectivity index (χ1n) is 5.51. The highest BCUT2D eigenvalue weighted by Gasteiger charge is 2.19. The first-order valence-corrected chi connectivity index (χ1v) is 6.04. The zero-order valence-electron chi connectivity index (χ0n) is 9.00. The maximum absolute atomic E-state index is 12.1. The van der Waals surface area contributed by atoms with Crippen LogP contribution in [0.3, 0.4) is 0 Å². The van der Waals surface area contributed by atoms with E-state index in [-0.39, 0.29) is 5.56 Å². The Morgan fingerprint density at radius 1 is 1.40 bits per heavy atom. The lowest BCUT2D eigenvalue weighted by atomic mass is 10.2. The average Bonchev–Trinajstić information content (AvgIpc) is 2.71. The van der Waals surface area contributed by atoms with Gasteiger partial charge in [0.2, 0.25) is 0 Å². The van der Waals surface area contributed by atoms with Crippen molar-refractivity contribution in [1.82, 2.24) is 4.57 Å². The van der Waals surface area contributed by atoms with Gasteiger partial charge in [0, 0.05) is 17.3 Å². The molecule has 0 amide bonds. The Balaban J connectivity index is 2.48. The number of hydrogen-bond acceptors (Lipinski definition) is 1. The third-order valence-corrected chi connectivity index (χ3v) is 3.52. The number of rotatable bonds is 2. The van der Waals surface area contributed by atoms with E-state index in [2.05, 4.69) is 0 Å². The molecule has 1 aromatic heterocycles. The fraction of sp³-hybridized carbons (Fsp3) is 0.583. The number of alkyl halides is 1. The fourth-order valence-corrected chi connectivity index (χ4v) is 2.61. The van der Waals surface area contributed by atoms with E-state index in [0.717, 1.165) is 18.5 Å². The van der Waals surface area contributed by atoms with Crippen LogP contribution < -0.4 is 5.56 Å². The highest BCUT2D eigenvalue weighted by molar-refractivity contribution is 6.17. The van der Waals surface area contributed by atoms with E-state index in [1.165, 1.54) is 12.8 Å². The van der Waals surface area contributed by atoms with Crippen molar-refractivity contribution < 1.29 is 0 Å². The smallest absolute Gasteiger partial charge is 0.255 e. The minimum absolute atomic E-state index is 0.108. The highest BCUT2D eigenvalue weighted by atomic mass is 35.5. The minimum atomic E-state index is 0.108. The number of aryl methyl sites for hydroxylation is 1. The summed E-state index contributed by atoms with van der Waals surface area (Å²) in [5.74, 6) is 0.311. The largest absolute Gasteiger partial charge is 0.310 e. The molecule has 0 spiro atoms. The molecule has 0 N–H and O–H groups in total. The molecule has 1 aliphatic rings. The van der Waals surface area contributed by atoms with E-state index in [9.17, 15) is 4.79 Å². The molecule has 0 unspecified atom stereocenters. The van der Waals surface area contributed by atoms with Crippen molar-refractivity contribution in [3.8, 4) is 0 Å². The average molecular weight is 226 g/mol. The van der Waals surface area contributed by atoms with Gasteiger partial charge in [0.15, 0.2) is 0 Å². The standard InChI is InChI=1S/C12H16ClNO/c1-9-6-7-10(8-13)12(15)14(9)11-4-2-3-5-11/h6-7,11H,2-5,8H2,1H3. The van der Waals surface area contributed by atoms with E-state index < -0.39 is 0 Å². The number of aromatic nitrogens is 1. The van der Waals surface area contributed by atoms with Gasteiger partial charge in [-0.2, -0.15) is 0 Å². The highest BCUT2D eigenvalue weighted by Crippen LogP contribution is 2.29. The lowest BCUT2D eigenvalue weighted by Gasteiger charge is -2.17. The summed E-state index contributed by atoms with van der Waals surface area (Å²) in [4.78, 5) is 12.1. The van der Waals surface area contributed by atoms with Gasteiger partial charge in [-0.25, -0.2) is 0 Å². The molecule has 1 saturated carbocycles. The summed E-state index contributed by atoms with van der Waals surface area (Å²) in [6, 6.07) is 4.24. The molecule has 0 bridgehead atoms. The number of pyridine rings is 1. The van der Waals surface area contributed by atoms with Crippen LogP contribution in [0.25, 0.3) is 0 Å². The Morgan fingerprint density at radius 2 is 2.07 bits per heavy atom. The number of hydrogen-bond donors (Lipinski definition) is 0. The SMILES string of the molecule is Cc1ccc(CCl)c(=O)n1C1CCCC1. The normalized spacial score (nSPS) is 17.2. The molecular weight excluding hydrogens is 210 g/mol. The topological polar surface area (TPSA) is 22.0 Å². The molecule has 0 aromatic carbocycles. The summed E-state index contributed by atoms with van der Waals surface area (Å²) >= 11 is 5.75. The van der Waals surface area contributed by atoms with Crippen LogP contribution in [0, 0.1) is 6.92 Å². The van der Waals surface area contributed by atoms with Gasteiger partial charge in [0.25, 0.3) is 5.56 Å². The van der Waals surface area contributed by atoms with E-state index in [1.807, 2.05) is 23.6 Å². The maximum Gasteiger partial charge on any atom is 0.255 e. The molecule has 1 aliphatic carbocycles. The van der Waals surface area contributed by atoms with Crippen molar-refractivity contribution in [3.05, 3.63) is 33.7 Å². The van der Waals surface area contributed by atoms with Crippen molar-refractivity contribution >= 4 is 11.6 Å². The number of nitrogens with zero attached hydrogens (tertiary/aromatic N) is 1. The minimum Gasteiger partial charge on any atom is -0.310 e. The molecular formula is C12H16ClNO. The first kappa shape index (κ1) is 10.7. The summed E-state index contributed by atoms with van der Waals surface area (Å²) in [5.41, 5.74) is 1.88. The van der Waals surface area contributed by atoms with Crippen molar-refractivity contribution in [2.75, 3.05) is 0 Å². The van der Waals surface area contributed by atoms with Crippen LogP contribution in [-0.2, 0) is 5.88 Å². The van der Waals surface area contributed by atoms with Gasteiger partial charge >= 0.3 is 0 Å². The Kier molecular flexibility index (Phi) is 3.15. The van der Waals surface area contributed by atoms with Crippen LogP contribution in [0.15, 0.2) is 16.9 Å². The Hall–Kier alpha value is -0.760. The molecule has 0 atom stereocenters. The first-order chi connectivity index (χ1) is 7.24. The van der Waals surface area contributed by atoms with E-state index in [4.69, 9.17) is 11.6 Å². The molecule has 0 radical (unpaired) electrons. The second kappa shape index (κ2) is 4.40. The summed E-state index contributed by atoms with van der Waals surface area (Å²) in [6.07, 6.45) is 4.74. The molecule has 1 heterocycles. The van der Waals surface area contributed by atoms with Gasteiger partial charge in [-0.1, -0.05) is 18.9 Å². The van der Waals surface area contributed by atoms with Crippen LogP contribution in [-0.4, -0.2) is 4.57 Å². The van der Waals surface area contributed by atoms with Gasteiger partial charge in [-0.05, 0) is 25.8 Å². The second-order valence-corrected chi connectivity index (χ2v) is 4.51. The van der Waals surface area contributed by atoms with Gasteiger partial charge in [-0.15, -0.1) is 11.6 Å². The lowest BCUT2D eigenvalue weighted by molar-refractivity contribution is 0.489. The number of halogens is 1. The third kappa shape index (κ3) is 1.96. The molecule has 15 heavy (non-hydrogen) atoms. The molecule has 2 nitrogen and oxygen atoms in total. The van der Waals surface area contributed by atoms with Gasteiger partial charge < -0.3 is 4.57 Å². The van der Waals surface area contributed by atoms with Gasteiger partial charge in [-0.3, -0.25) is 4.79 Å². The summed E-state index contributed by atoms with van der Waals surface area (Å²) < 4.78 is 1.94. The Bertz CT molecular complexity index is 405. The van der Waals surface area contributed by atoms with Crippen molar-refractivity contribution in [1.29, 1.82) is 0 Å². The zero-order chi connectivity index (χ0) is 10.8. The predicted molar refractivity (Wildman–Crippen MR) is 62.5 cm³/mol. The third-order valence-electron chi connectivity index (χ3n) is 3.23. The monoisotopic (exact) mass is 225 g/mol.